The maximum absolute atomic E-state index is 12.8. The van der Waals surface area contributed by atoms with Crippen LogP contribution in [0.2, 0.25) is 0 Å². The monoisotopic (exact) mass is 388 g/mol. The Morgan fingerprint density at radius 3 is 2.48 bits per heavy atom. The molecule has 1 aromatic carbocycles. The number of nitrogens with one attached hydrogen (secondary N) is 2. The van der Waals surface area contributed by atoms with Gasteiger partial charge in [-0.1, -0.05) is 32.0 Å². The highest BCUT2D eigenvalue weighted by Gasteiger charge is 2.18. The molecule has 0 aliphatic heterocycles. The van der Waals surface area contributed by atoms with E-state index in [9.17, 15) is 9.59 Å². The Morgan fingerprint density at radius 1 is 1.15 bits per heavy atom. The number of benzene rings is 1. The minimum absolute atomic E-state index is 0.151. The minimum atomic E-state index is -0.165. The first-order valence-electron chi connectivity index (χ1n) is 9.31. The third-order valence-electron chi connectivity index (χ3n) is 4.14. The van der Waals surface area contributed by atoms with Gasteiger partial charge in [-0.2, -0.15) is 0 Å². The van der Waals surface area contributed by atoms with Gasteiger partial charge in [-0.05, 0) is 37.8 Å². The highest BCUT2D eigenvalue weighted by atomic mass is 32.1. The van der Waals surface area contributed by atoms with Crippen molar-refractivity contribution in [1.82, 2.24) is 15.2 Å². The summed E-state index contributed by atoms with van der Waals surface area (Å²) in [6.07, 6.45) is 1.72. The zero-order valence-corrected chi connectivity index (χ0v) is 17.3. The van der Waals surface area contributed by atoms with Crippen molar-refractivity contribution in [2.24, 2.45) is 0 Å². The molecule has 0 saturated carbocycles. The van der Waals surface area contributed by atoms with E-state index in [-0.39, 0.29) is 11.9 Å². The summed E-state index contributed by atoms with van der Waals surface area (Å²) in [6.45, 7) is 9.63. The third kappa shape index (κ3) is 5.79. The van der Waals surface area contributed by atoms with Crippen LogP contribution in [0, 0.1) is 13.8 Å². The third-order valence-corrected chi connectivity index (χ3v) is 4.97. The summed E-state index contributed by atoms with van der Waals surface area (Å²) < 4.78 is 0. The number of para-hydroxylation sites is 1. The molecule has 0 saturated heterocycles. The number of rotatable bonds is 8. The summed E-state index contributed by atoms with van der Waals surface area (Å²) in [5, 5.41) is 8.34. The second-order valence-corrected chi connectivity index (χ2v) is 7.44. The van der Waals surface area contributed by atoms with Gasteiger partial charge in [-0.3, -0.25) is 4.79 Å². The first-order chi connectivity index (χ1) is 13.0. The average molecular weight is 389 g/mol. The fourth-order valence-corrected chi connectivity index (χ4v) is 3.49. The van der Waals surface area contributed by atoms with Crippen molar-refractivity contribution in [2.75, 3.05) is 18.4 Å². The molecular weight excluding hydrogens is 360 g/mol. The standard InChI is InChI=1S/C20H28N4O2S/c1-5-10-21-19(25)16-13-27-17(22-16)12-24(11-6-2)20(26)23-18-14(3)8-7-9-15(18)4/h7-9,13H,5-6,10-12H2,1-4H3,(H,21,25)(H,23,26). The van der Waals surface area contributed by atoms with Crippen LogP contribution < -0.4 is 10.6 Å². The van der Waals surface area contributed by atoms with E-state index in [1.54, 1.807) is 10.3 Å². The van der Waals surface area contributed by atoms with Gasteiger partial charge in [0.1, 0.15) is 10.7 Å². The Morgan fingerprint density at radius 2 is 1.85 bits per heavy atom. The average Bonchev–Trinajstić information content (AvgIpc) is 3.11. The predicted molar refractivity (Wildman–Crippen MR) is 110 cm³/mol. The molecule has 2 aromatic rings. The Kier molecular flexibility index (Phi) is 7.79. The molecule has 1 heterocycles. The molecule has 2 N–H and O–H groups in total. The molecule has 0 unspecified atom stereocenters. The zero-order valence-electron chi connectivity index (χ0n) is 16.5. The number of aromatic nitrogens is 1. The van der Waals surface area contributed by atoms with Crippen LogP contribution in [0.4, 0.5) is 10.5 Å². The minimum Gasteiger partial charge on any atom is -0.351 e. The number of amides is 3. The molecule has 0 atom stereocenters. The predicted octanol–water partition coefficient (Wildman–Crippen LogP) is 4.34. The van der Waals surface area contributed by atoms with Crippen molar-refractivity contribution >= 4 is 29.0 Å². The maximum atomic E-state index is 12.8. The molecule has 27 heavy (non-hydrogen) atoms. The van der Waals surface area contributed by atoms with E-state index in [4.69, 9.17) is 0 Å². The highest BCUT2D eigenvalue weighted by Crippen LogP contribution is 2.21. The molecule has 0 bridgehead atoms. The second kappa shape index (κ2) is 10.1. The van der Waals surface area contributed by atoms with Gasteiger partial charge in [0, 0.05) is 24.2 Å². The number of hydrogen-bond acceptors (Lipinski definition) is 4. The highest BCUT2D eigenvalue weighted by molar-refractivity contribution is 7.09. The number of urea groups is 1. The normalized spacial score (nSPS) is 10.5. The van der Waals surface area contributed by atoms with Crippen molar-refractivity contribution in [3.8, 4) is 0 Å². The first kappa shape index (κ1) is 20.9. The van der Waals surface area contributed by atoms with E-state index < -0.39 is 0 Å². The molecule has 3 amide bonds. The van der Waals surface area contributed by atoms with E-state index in [0.29, 0.717) is 25.3 Å². The van der Waals surface area contributed by atoms with Gasteiger partial charge in [-0.25, -0.2) is 9.78 Å². The lowest BCUT2D eigenvalue weighted by Crippen LogP contribution is -2.35. The summed E-state index contributed by atoms with van der Waals surface area (Å²) >= 11 is 1.40. The van der Waals surface area contributed by atoms with E-state index in [2.05, 4.69) is 15.6 Å². The van der Waals surface area contributed by atoms with Gasteiger partial charge in [0.05, 0.1) is 6.54 Å². The smallest absolute Gasteiger partial charge is 0.322 e. The Bertz CT molecular complexity index is 768. The molecule has 0 fully saturated rings. The number of nitrogens with zero attached hydrogens (tertiary/aromatic N) is 2. The van der Waals surface area contributed by atoms with Gasteiger partial charge in [0.25, 0.3) is 5.91 Å². The summed E-state index contributed by atoms with van der Waals surface area (Å²) in [5.74, 6) is -0.165. The largest absolute Gasteiger partial charge is 0.351 e. The number of carbonyl (C=O) groups excluding carboxylic acids is 2. The number of carbonyl (C=O) groups is 2. The Labute approximate surface area is 165 Å². The van der Waals surface area contributed by atoms with E-state index in [0.717, 1.165) is 34.7 Å². The van der Waals surface area contributed by atoms with Crippen LogP contribution in [0.25, 0.3) is 0 Å². The molecule has 1 aromatic heterocycles. The van der Waals surface area contributed by atoms with Crippen molar-refractivity contribution < 1.29 is 9.59 Å². The number of aryl methyl sites for hydroxylation is 2. The molecular formula is C20H28N4O2S. The van der Waals surface area contributed by atoms with Crippen molar-refractivity contribution in [1.29, 1.82) is 0 Å². The fourth-order valence-electron chi connectivity index (χ4n) is 2.70. The molecule has 0 radical (unpaired) electrons. The summed E-state index contributed by atoms with van der Waals surface area (Å²) in [6, 6.07) is 5.79. The molecule has 0 spiro atoms. The van der Waals surface area contributed by atoms with Gasteiger partial charge < -0.3 is 15.5 Å². The Hall–Kier alpha value is -2.41. The molecule has 0 aliphatic rings. The van der Waals surface area contributed by atoms with E-state index in [1.165, 1.54) is 11.3 Å². The van der Waals surface area contributed by atoms with Crippen molar-refractivity contribution in [3.05, 3.63) is 45.4 Å². The molecule has 146 valence electrons. The van der Waals surface area contributed by atoms with Crippen LogP contribution >= 0.6 is 11.3 Å². The summed E-state index contributed by atoms with van der Waals surface area (Å²) in [7, 11) is 0. The zero-order chi connectivity index (χ0) is 19.8. The van der Waals surface area contributed by atoms with Crippen molar-refractivity contribution in [2.45, 2.75) is 47.1 Å². The van der Waals surface area contributed by atoms with Gasteiger partial charge in [0.15, 0.2) is 0 Å². The van der Waals surface area contributed by atoms with Crippen LogP contribution in [0.5, 0.6) is 0 Å². The SMILES string of the molecule is CCCNC(=O)c1csc(CN(CCC)C(=O)Nc2c(C)cccc2C)n1. The van der Waals surface area contributed by atoms with Gasteiger partial charge in [0.2, 0.25) is 0 Å². The second-order valence-electron chi connectivity index (χ2n) is 6.50. The number of thiazole rings is 1. The molecule has 7 heteroatoms. The quantitative estimate of drug-likeness (QED) is 0.706. The number of anilines is 1. The Balaban J connectivity index is 2.08. The molecule has 2 rings (SSSR count). The van der Waals surface area contributed by atoms with Crippen LogP contribution in [0.1, 0.15) is 53.3 Å². The van der Waals surface area contributed by atoms with Crippen LogP contribution in [0.3, 0.4) is 0 Å². The lowest BCUT2D eigenvalue weighted by molar-refractivity contribution is 0.0949. The van der Waals surface area contributed by atoms with Crippen molar-refractivity contribution in [3.63, 3.8) is 0 Å². The maximum Gasteiger partial charge on any atom is 0.322 e. The van der Waals surface area contributed by atoms with E-state index >= 15 is 0 Å². The molecule has 6 nitrogen and oxygen atoms in total. The molecule has 0 aliphatic carbocycles. The lowest BCUT2D eigenvalue weighted by Gasteiger charge is -2.22. The first-order valence-corrected chi connectivity index (χ1v) is 10.2. The summed E-state index contributed by atoms with van der Waals surface area (Å²) in [4.78, 5) is 31.0. The van der Waals surface area contributed by atoms with Crippen LogP contribution in [0.15, 0.2) is 23.6 Å². The number of hydrogen-bond donors (Lipinski definition) is 2. The van der Waals surface area contributed by atoms with Gasteiger partial charge in [-0.15, -0.1) is 11.3 Å². The fraction of sp³-hybridized carbons (Fsp3) is 0.450. The lowest BCUT2D eigenvalue weighted by atomic mass is 10.1. The van der Waals surface area contributed by atoms with Crippen LogP contribution in [-0.4, -0.2) is 34.9 Å². The van der Waals surface area contributed by atoms with Crippen LogP contribution in [-0.2, 0) is 6.54 Å². The van der Waals surface area contributed by atoms with E-state index in [1.807, 2.05) is 45.9 Å². The van der Waals surface area contributed by atoms with Gasteiger partial charge >= 0.3 is 6.03 Å². The topological polar surface area (TPSA) is 74.3 Å². The summed E-state index contributed by atoms with van der Waals surface area (Å²) in [5.41, 5.74) is 3.32.